The number of aromatic nitrogens is 2. The molecule has 1 saturated heterocycles. The van der Waals surface area contributed by atoms with E-state index in [0.717, 1.165) is 53.9 Å². The zero-order chi connectivity index (χ0) is 18.1. The summed E-state index contributed by atoms with van der Waals surface area (Å²) < 4.78 is 0. The smallest absolute Gasteiger partial charge is 0.346 e. The fourth-order valence-electron chi connectivity index (χ4n) is 3.79. The molecule has 0 aliphatic carbocycles. The number of thiophene rings is 1. The van der Waals surface area contributed by atoms with Crippen molar-refractivity contribution in [1.29, 1.82) is 0 Å². The topological polar surface area (TPSA) is 66.3 Å². The second-order valence-electron chi connectivity index (χ2n) is 6.86. The molecule has 26 heavy (non-hydrogen) atoms. The number of rotatable bonds is 4. The normalized spacial score (nSPS) is 15.5. The minimum Gasteiger partial charge on any atom is -0.477 e. The molecule has 0 radical (unpaired) electrons. The predicted molar refractivity (Wildman–Crippen MR) is 104 cm³/mol. The molecule has 0 amide bonds. The van der Waals surface area contributed by atoms with Crippen molar-refractivity contribution in [2.75, 3.05) is 18.0 Å². The Balaban J connectivity index is 1.53. The van der Waals surface area contributed by atoms with Gasteiger partial charge in [0, 0.05) is 13.1 Å². The van der Waals surface area contributed by atoms with Crippen LogP contribution in [0.3, 0.4) is 0 Å². The zero-order valence-electron chi connectivity index (χ0n) is 14.7. The molecular weight excluding hydrogens is 346 g/mol. The van der Waals surface area contributed by atoms with Crippen molar-refractivity contribution in [2.45, 2.75) is 26.2 Å². The standard InChI is InChI=1S/C20H21N3O2S/c1-13-16-18(21-12-22-19(16)26-17(13)20(24)25)23-9-7-15(8-10-23)11-14-5-3-2-4-6-14/h2-6,12,15H,7-11H2,1H3,(H,24,25). The third-order valence-corrected chi connectivity index (χ3v) is 6.37. The SMILES string of the molecule is Cc1c(C(=O)O)sc2ncnc(N3CCC(Cc4ccccc4)CC3)c12. The first-order valence-corrected chi connectivity index (χ1v) is 9.71. The van der Waals surface area contributed by atoms with Crippen LogP contribution >= 0.6 is 11.3 Å². The highest BCUT2D eigenvalue weighted by molar-refractivity contribution is 7.20. The number of piperidine rings is 1. The molecular formula is C20H21N3O2S. The van der Waals surface area contributed by atoms with E-state index < -0.39 is 5.97 Å². The number of carboxylic acid groups (broad SMARTS) is 1. The Morgan fingerprint density at radius 2 is 1.96 bits per heavy atom. The van der Waals surface area contributed by atoms with E-state index in [2.05, 4.69) is 45.2 Å². The lowest BCUT2D eigenvalue weighted by atomic mass is 9.90. The van der Waals surface area contributed by atoms with Crippen LogP contribution in [-0.2, 0) is 6.42 Å². The fourth-order valence-corrected chi connectivity index (χ4v) is 4.78. The summed E-state index contributed by atoms with van der Waals surface area (Å²) in [6, 6.07) is 10.6. The van der Waals surface area contributed by atoms with Crippen LogP contribution in [0, 0.1) is 12.8 Å². The first-order chi connectivity index (χ1) is 12.6. The second-order valence-corrected chi connectivity index (χ2v) is 7.86. The van der Waals surface area contributed by atoms with E-state index in [4.69, 9.17) is 0 Å². The van der Waals surface area contributed by atoms with Gasteiger partial charge in [0.25, 0.3) is 0 Å². The first-order valence-electron chi connectivity index (χ1n) is 8.89. The lowest BCUT2D eigenvalue weighted by Crippen LogP contribution is -2.35. The monoisotopic (exact) mass is 367 g/mol. The van der Waals surface area contributed by atoms with Gasteiger partial charge in [-0.3, -0.25) is 0 Å². The van der Waals surface area contributed by atoms with E-state index in [0.29, 0.717) is 10.8 Å². The largest absolute Gasteiger partial charge is 0.477 e. The summed E-state index contributed by atoms with van der Waals surface area (Å²) >= 11 is 1.24. The lowest BCUT2D eigenvalue weighted by Gasteiger charge is -2.33. The molecule has 4 rings (SSSR count). The molecule has 1 aliphatic heterocycles. The molecule has 5 nitrogen and oxygen atoms in total. The molecule has 1 aliphatic rings. The minimum atomic E-state index is -0.891. The maximum absolute atomic E-state index is 11.4. The number of aromatic carboxylic acids is 1. The van der Waals surface area contributed by atoms with Gasteiger partial charge in [-0.15, -0.1) is 11.3 Å². The van der Waals surface area contributed by atoms with Crippen molar-refractivity contribution < 1.29 is 9.90 Å². The number of anilines is 1. The summed E-state index contributed by atoms with van der Waals surface area (Å²) in [7, 11) is 0. The Labute approximate surface area is 156 Å². The molecule has 134 valence electrons. The summed E-state index contributed by atoms with van der Waals surface area (Å²) in [5.41, 5.74) is 2.18. The molecule has 6 heteroatoms. The van der Waals surface area contributed by atoms with Crippen molar-refractivity contribution in [3.63, 3.8) is 0 Å². The average molecular weight is 367 g/mol. The van der Waals surface area contributed by atoms with Crippen LogP contribution in [-0.4, -0.2) is 34.1 Å². The van der Waals surface area contributed by atoms with Crippen molar-refractivity contribution in [3.05, 3.63) is 52.7 Å². The summed E-state index contributed by atoms with van der Waals surface area (Å²) in [6.07, 6.45) is 4.91. The van der Waals surface area contributed by atoms with Gasteiger partial charge in [0.05, 0.1) is 5.39 Å². The first kappa shape index (κ1) is 17.0. The number of carbonyl (C=O) groups is 1. The van der Waals surface area contributed by atoms with Crippen LogP contribution in [0.5, 0.6) is 0 Å². The molecule has 2 aromatic heterocycles. The lowest BCUT2D eigenvalue weighted by molar-refractivity contribution is 0.0701. The molecule has 0 bridgehead atoms. The quantitative estimate of drug-likeness (QED) is 0.750. The average Bonchev–Trinajstić information content (AvgIpc) is 3.01. The molecule has 3 heterocycles. The van der Waals surface area contributed by atoms with E-state index in [1.807, 2.05) is 6.92 Å². The van der Waals surface area contributed by atoms with E-state index in [1.165, 1.54) is 16.9 Å². The number of aryl methyl sites for hydroxylation is 1. The van der Waals surface area contributed by atoms with Gasteiger partial charge in [-0.05, 0) is 43.2 Å². The maximum atomic E-state index is 11.4. The molecule has 0 saturated carbocycles. The number of nitrogens with zero attached hydrogens (tertiary/aromatic N) is 3. The molecule has 1 aromatic carbocycles. The van der Waals surface area contributed by atoms with Crippen molar-refractivity contribution in [2.24, 2.45) is 5.92 Å². The number of hydrogen-bond donors (Lipinski definition) is 1. The van der Waals surface area contributed by atoms with Crippen molar-refractivity contribution in [3.8, 4) is 0 Å². The molecule has 0 unspecified atom stereocenters. The Hall–Kier alpha value is -2.47. The van der Waals surface area contributed by atoms with E-state index >= 15 is 0 Å². The summed E-state index contributed by atoms with van der Waals surface area (Å²) in [6.45, 7) is 3.75. The van der Waals surface area contributed by atoms with Gasteiger partial charge in [-0.1, -0.05) is 30.3 Å². The van der Waals surface area contributed by atoms with Crippen LogP contribution in [0.1, 0.15) is 33.6 Å². The van der Waals surface area contributed by atoms with Gasteiger partial charge < -0.3 is 10.0 Å². The molecule has 1 N–H and O–H groups in total. The number of carboxylic acids is 1. The molecule has 0 spiro atoms. The van der Waals surface area contributed by atoms with Gasteiger partial charge >= 0.3 is 5.97 Å². The van der Waals surface area contributed by atoms with Crippen LogP contribution in [0.2, 0.25) is 0 Å². The Bertz CT molecular complexity index is 931. The van der Waals surface area contributed by atoms with Crippen LogP contribution < -0.4 is 4.90 Å². The van der Waals surface area contributed by atoms with E-state index in [9.17, 15) is 9.90 Å². The van der Waals surface area contributed by atoms with Crippen LogP contribution in [0.4, 0.5) is 5.82 Å². The van der Waals surface area contributed by atoms with Crippen LogP contribution in [0.25, 0.3) is 10.2 Å². The highest BCUT2D eigenvalue weighted by atomic mass is 32.1. The third kappa shape index (κ3) is 3.17. The number of benzene rings is 1. The van der Waals surface area contributed by atoms with E-state index in [-0.39, 0.29) is 0 Å². The third-order valence-electron chi connectivity index (χ3n) is 5.18. The Kier molecular flexibility index (Phi) is 4.59. The highest BCUT2D eigenvalue weighted by Gasteiger charge is 2.25. The fraction of sp³-hybridized carbons (Fsp3) is 0.350. The van der Waals surface area contributed by atoms with Gasteiger partial charge in [-0.2, -0.15) is 0 Å². The second kappa shape index (κ2) is 7.03. The van der Waals surface area contributed by atoms with Crippen molar-refractivity contribution >= 4 is 33.3 Å². The molecule has 0 atom stereocenters. The number of fused-ring (bicyclic) bond motifs is 1. The van der Waals surface area contributed by atoms with Gasteiger partial charge in [0.2, 0.25) is 0 Å². The molecule has 1 fully saturated rings. The van der Waals surface area contributed by atoms with Gasteiger partial charge in [0.15, 0.2) is 0 Å². The summed E-state index contributed by atoms with van der Waals surface area (Å²) in [5, 5.41) is 10.3. The van der Waals surface area contributed by atoms with Crippen molar-refractivity contribution in [1.82, 2.24) is 9.97 Å². The van der Waals surface area contributed by atoms with E-state index in [1.54, 1.807) is 6.33 Å². The Morgan fingerprint density at radius 3 is 2.65 bits per heavy atom. The highest BCUT2D eigenvalue weighted by Crippen LogP contribution is 2.36. The minimum absolute atomic E-state index is 0.362. The Morgan fingerprint density at radius 1 is 1.23 bits per heavy atom. The molecule has 3 aromatic rings. The van der Waals surface area contributed by atoms with Gasteiger partial charge in [0.1, 0.15) is 21.9 Å². The maximum Gasteiger partial charge on any atom is 0.346 e. The summed E-state index contributed by atoms with van der Waals surface area (Å²) in [4.78, 5) is 23.6. The zero-order valence-corrected chi connectivity index (χ0v) is 15.5. The summed E-state index contributed by atoms with van der Waals surface area (Å²) in [5.74, 6) is 0.677. The van der Waals surface area contributed by atoms with Gasteiger partial charge in [-0.25, -0.2) is 14.8 Å². The van der Waals surface area contributed by atoms with Crippen LogP contribution in [0.15, 0.2) is 36.7 Å². The number of hydrogen-bond acceptors (Lipinski definition) is 5. The predicted octanol–water partition coefficient (Wildman–Crippen LogP) is 4.16.